The second-order valence-electron chi connectivity index (χ2n) is 6.73. The Morgan fingerprint density at radius 3 is 2.79 bits per heavy atom. The SMILES string of the molecule is CCCC[C@@H]1CN(C(=O)c2cc(F)cc(C#N)c2)C[C@H](C(C)C)O1. The first-order chi connectivity index (χ1) is 11.4. The van der Waals surface area contributed by atoms with Crippen LogP contribution < -0.4 is 0 Å². The van der Waals surface area contributed by atoms with Gasteiger partial charge in [-0.3, -0.25) is 4.79 Å². The van der Waals surface area contributed by atoms with E-state index in [1.54, 1.807) is 4.90 Å². The molecule has 0 N–H and O–H groups in total. The number of rotatable bonds is 5. The van der Waals surface area contributed by atoms with E-state index in [1.807, 2.05) is 6.07 Å². The lowest BCUT2D eigenvalue weighted by molar-refractivity contribution is -0.0962. The Morgan fingerprint density at radius 2 is 2.17 bits per heavy atom. The number of carbonyl (C=O) groups is 1. The predicted octanol–water partition coefficient (Wildman–Crippen LogP) is 3.75. The van der Waals surface area contributed by atoms with Gasteiger partial charge in [0.05, 0.1) is 23.8 Å². The molecular formula is C19H25FN2O2. The lowest BCUT2D eigenvalue weighted by Crippen LogP contribution is -2.51. The largest absolute Gasteiger partial charge is 0.371 e. The highest BCUT2D eigenvalue weighted by Crippen LogP contribution is 2.23. The molecule has 4 nitrogen and oxygen atoms in total. The van der Waals surface area contributed by atoms with Gasteiger partial charge in [-0.25, -0.2) is 4.39 Å². The molecule has 0 aliphatic carbocycles. The van der Waals surface area contributed by atoms with Crippen molar-refractivity contribution in [1.82, 2.24) is 4.90 Å². The third kappa shape index (κ3) is 4.55. The smallest absolute Gasteiger partial charge is 0.254 e. The first kappa shape index (κ1) is 18.4. The van der Waals surface area contributed by atoms with Crippen molar-refractivity contribution in [2.24, 2.45) is 5.92 Å². The number of halogens is 1. The number of benzene rings is 1. The Morgan fingerprint density at radius 1 is 1.42 bits per heavy atom. The van der Waals surface area contributed by atoms with E-state index in [0.717, 1.165) is 25.3 Å². The Labute approximate surface area is 143 Å². The fraction of sp³-hybridized carbons (Fsp3) is 0.579. The number of carbonyl (C=O) groups excluding carboxylic acids is 1. The van der Waals surface area contributed by atoms with Crippen molar-refractivity contribution in [3.8, 4) is 6.07 Å². The standard InChI is InChI=1S/C19H25FN2O2/c1-4-5-6-17-11-22(12-18(24-17)13(2)3)19(23)15-7-14(10-21)8-16(20)9-15/h7-9,13,17-18H,4-6,11-12H2,1-3H3/t17-,18-/m1/s1. The van der Waals surface area contributed by atoms with Gasteiger partial charge in [-0.05, 0) is 30.5 Å². The molecule has 1 aromatic rings. The maximum Gasteiger partial charge on any atom is 0.254 e. The van der Waals surface area contributed by atoms with Crippen molar-refractivity contribution in [2.75, 3.05) is 13.1 Å². The van der Waals surface area contributed by atoms with Crippen molar-refractivity contribution in [2.45, 2.75) is 52.2 Å². The Hall–Kier alpha value is -1.93. The molecule has 1 aromatic carbocycles. The molecule has 1 fully saturated rings. The maximum atomic E-state index is 13.6. The summed E-state index contributed by atoms with van der Waals surface area (Å²) in [6, 6.07) is 5.68. The normalized spacial score (nSPS) is 20.9. The first-order valence-corrected chi connectivity index (χ1v) is 8.60. The quantitative estimate of drug-likeness (QED) is 0.825. The summed E-state index contributed by atoms with van der Waals surface area (Å²) in [4.78, 5) is 14.5. The highest BCUT2D eigenvalue weighted by Gasteiger charge is 2.32. The zero-order valence-corrected chi connectivity index (χ0v) is 14.6. The van der Waals surface area contributed by atoms with Crippen LogP contribution >= 0.6 is 0 Å². The van der Waals surface area contributed by atoms with E-state index in [2.05, 4.69) is 20.8 Å². The van der Waals surface area contributed by atoms with E-state index in [-0.39, 0.29) is 29.2 Å². The highest BCUT2D eigenvalue weighted by molar-refractivity contribution is 5.94. The van der Waals surface area contributed by atoms with E-state index in [9.17, 15) is 9.18 Å². The van der Waals surface area contributed by atoms with E-state index >= 15 is 0 Å². The lowest BCUT2D eigenvalue weighted by Gasteiger charge is -2.40. The van der Waals surface area contributed by atoms with Gasteiger partial charge in [0.1, 0.15) is 5.82 Å². The van der Waals surface area contributed by atoms with E-state index < -0.39 is 5.82 Å². The molecule has 1 heterocycles. The summed E-state index contributed by atoms with van der Waals surface area (Å²) < 4.78 is 19.8. The van der Waals surface area contributed by atoms with E-state index in [4.69, 9.17) is 10.00 Å². The second-order valence-corrected chi connectivity index (χ2v) is 6.73. The molecule has 130 valence electrons. The monoisotopic (exact) mass is 332 g/mol. The average Bonchev–Trinajstić information content (AvgIpc) is 2.58. The van der Waals surface area contributed by atoms with Gasteiger partial charge >= 0.3 is 0 Å². The minimum atomic E-state index is -0.561. The highest BCUT2D eigenvalue weighted by atomic mass is 19.1. The minimum absolute atomic E-state index is 0.0130. The number of hydrogen-bond donors (Lipinski definition) is 0. The third-order valence-electron chi connectivity index (χ3n) is 4.38. The van der Waals surface area contributed by atoms with Crippen molar-refractivity contribution < 1.29 is 13.9 Å². The van der Waals surface area contributed by atoms with Crippen molar-refractivity contribution in [1.29, 1.82) is 5.26 Å². The Bertz CT molecular complexity index is 624. The number of hydrogen-bond acceptors (Lipinski definition) is 3. The molecule has 0 saturated carbocycles. The molecule has 5 heteroatoms. The molecule has 0 spiro atoms. The summed E-state index contributed by atoms with van der Waals surface area (Å²) in [5, 5.41) is 8.97. The fourth-order valence-corrected chi connectivity index (χ4v) is 2.96. The molecule has 0 radical (unpaired) electrons. The Kier molecular flexibility index (Phi) is 6.33. The summed E-state index contributed by atoms with van der Waals surface area (Å²) in [5.74, 6) is -0.498. The van der Waals surface area contributed by atoms with Gasteiger partial charge in [-0.2, -0.15) is 5.26 Å². The van der Waals surface area contributed by atoms with Crippen LogP contribution in [0.3, 0.4) is 0 Å². The first-order valence-electron chi connectivity index (χ1n) is 8.60. The van der Waals surface area contributed by atoms with Crippen molar-refractivity contribution in [3.05, 3.63) is 35.1 Å². The van der Waals surface area contributed by atoms with E-state index in [0.29, 0.717) is 19.0 Å². The predicted molar refractivity (Wildman–Crippen MR) is 90.0 cm³/mol. The molecule has 1 aliphatic heterocycles. The zero-order chi connectivity index (χ0) is 17.7. The molecular weight excluding hydrogens is 307 g/mol. The number of nitriles is 1. The number of morpholine rings is 1. The molecule has 1 amide bonds. The average molecular weight is 332 g/mol. The van der Waals surface area contributed by atoms with Gasteiger partial charge in [0.15, 0.2) is 0 Å². The van der Waals surface area contributed by atoms with Crippen LogP contribution in [0.25, 0.3) is 0 Å². The number of unbranched alkanes of at least 4 members (excludes halogenated alkanes) is 1. The van der Waals surface area contributed by atoms with Gasteiger partial charge in [-0.1, -0.05) is 33.6 Å². The molecule has 0 unspecified atom stereocenters. The van der Waals surface area contributed by atoms with Gasteiger partial charge in [0.25, 0.3) is 5.91 Å². The summed E-state index contributed by atoms with van der Waals surface area (Å²) in [5.41, 5.74) is 0.389. The summed E-state index contributed by atoms with van der Waals surface area (Å²) in [6.45, 7) is 7.29. The zero-order valence-electron chi connectivity index (χ0n) is 14.6. The van der Waals surface area contributed by atoms with Crippen molar-refractivity contribution in [3.63, 3.8) is 0 Å². The van der Waals surface area contributed by atoms with Crippen molar-refractivity contribution >= 4 is 5.91 Å². The summed E-state index contributed by atoms with van der Waals surface area (Å²) >= 11 is 0. The van der Waals surface area contributed by atoms with Crippen LogP contribution in [0.4, 0.5) is 4.39 Å². The lowest BCUT2D eigenvalue weighted by atomic mass is 10.0. The molecule has 0 aromatic heterocycles. The minimum Gasteiger partial charge on any atom is -0.371 e. The molecule has 1 aliphatic rings. The van der Waals surface area contributed by atoms with Crippen LogP contribution in [-0.2, 0) is 4.74 Å². The van der Waals surface area contributed by atoms with Gasteiger partial charge < -0.3 is 9.64 Å². The number of nitrogens with zero attached hydrogens (tertiary/aromatic N) is 2. The van der Waals surface area contributed by atoms with Crippen LogP contribution in [0, 0.1) is 23.1 Å². The van der Waals surface area contributed by atoms with Crippen LogP contribution in [0.15, 0.2) is 18.2 Å². The topological polar surface area (TPSA) is 53.3 Å². The van der Waals surface area contributed by atoms with Crippen LogP contribution in [-0.4, -0.2) is 36.1 Å². The van der Waals surface area contributed by atoms with E-state index in [1.165, 1.54) is 12.1 Å². The van der Waals surface area contributed by atoms with Gasteiger partial charge in [0, 0.05) is 18.7 Å². The molecule has 0 bridgehead atoms. The second kappa shape index (κ2) is 8.25. The summed E-state index contributed by atoms with van der Waals surface area (Å²) in [7, 11) is 0. The van der Waals surface area contributed by atoms with Crippen LogP contribution in [0.5, 0.6) is 0 Å². The molecule has 2 rings (SSSR count). The number of amides is 1. The molecule has 2 atom stereocenters. The number of ether oxygens (including phenoxy) is 1. The maximum absolute atomic E-state index is 13.6. The van der Waals surface area contributed by atoms with Crippen LogP contribution in [0.1, 0.15) is 56.0 Å². The third-order valence-corrected chi connectivity index (χ3v) is 4.38. The fourth-order valence-electron chi connectivity index (χ4n) is 2.96. The summed E-state index contributed by atoms with van der Waals surface area (Å²) in [6.07, 6.45) is 3.04. The van der Waals surface area contributed by atoms with Gasteiger partial charge in [-0.15, -0.1) is 0 Å². The Balaban J connectivity index is 2.20. The molecule has 24 heavy (non-hydrogen) atoms. The molecule has 1 saturated heterocycles. The van der Waals surface area contributed by atoms with Crippen LogP contribution in [0.2, 0.25) is 0 Å². The van der Waals surface area contributed by atoms with Gasteiger partial charge in [0.2, 0.25) is 0 Å².